The Balaban J connectivity index is 2.28. The van der Waals surface area contributed by atoms with Crippen LogP contribution in [0.1, 0.15) is 36.0 Å². The monoisotopic (exact) mass is 292 g/mol. The summed E-state index contributed by atoms with van der Waals surface area (Å²) in [6.07, 6.45) is 7.07. The second-order valence-corrected chi connectivity index (χ2v) is 5.04. The molecule has 1 aromatic heterocycles. The van der Waals surface area contributed by atoms with Gasteiger partial charge in [-0.05, 0) is 18.9 Å². The van der Waals surface area contributed by atoms with Crippen molar-refractivity contribution in [2.75, 3.05) is 13.7 Å². The molecule has 7 heteroatoms. The predicted molar refractivity (Wildman–Crippen MR) is 77.5 cm³/mol. The lowest BCUT2D eigenvalue weighted by molar-refractivity contribution is 0.0708. The summed E-state index contributed by atoms with van der Waals surface area (Å²) in [5.41, 5.74) is 6.03. The van der Waals surface area contributed by atoms with Crippen LogP contribution in [-0.2, 0) is 0 Å². The maximum Gasteiger partial charge on any atom is 0.258 e. The number of ether oxygens (including phenoxy) is 1. The van der Waals surface area contributed by atoms with Crippen LogP contribution in [0.5, 0.6) is 5.75 Å². The van der Waals surface area contributed by atoms with Gasteiger partial charge in [-0.2, -0.15) is 0 Å². The third kappa shape index (κ3) is 3.42. The van der Waals surface area contributed by atoms with Crippen LogP contribution in [0, 0.1) is 0 Å². The molecule has 0 atom stereocenters. The maximum absolute atomic E-state index is 12.8. The normalized spacial score (nSPS) is 16.0. The van der Waals surface area contributed by atoms with Crippen LogP contribution >= 0.6 is 0 Å². The van der Waals surface area contributed by atoms with Gasteiger partial charge in [-0.1, -0.05) is 18.0 Å². The Bertz CT molecular complexity index is 527. The van der Waals surface area contributed by atoms with Crippen LogP contribution in [0.3, 0.4) is 0 Å². The van der Waals surface area contributed by atoms with Gasteiger partial charge in [-0.15, -0.1) is 0 Å². The van der Waals surface area contributed by atoms with E-state index in [1.54, 1.807) is 17.2 Å². The van der Waals surface area contributed by atoms with E-state index in [-0.39, 0.29) is 24.3 Å². The van der Waals surface area contributed by atoms with E-state index >= 15 is 0 Å². The van der Waals surface area contributed by atoms with Crippen LogP contribution in [0.2, 0.25) is 0 Å². The lowest BCUT2D eigenvalue weighted by Gasteiger charge is -2.29. The highest BCUT2D eigenvalue weighted by molar-refractivity contribution is 5.99. The zero-order valence-corrected chi connectivity index (χ0v) is 12.0. The number of oxime groups is 1. The highest BCUT2D eigenvalue weighted by atomic mass is 16.5. The van der Waals surface area contributed by atoms with Crippen LogP contribution in [0.15, 0.2) is 23.6 Å². The minimum Gasteiger partial charge on any atom is -0.494 e. The molecule has 0 bridgehead atoms. The molecule has 1 saturated carbocycles. The Morgan fingerprint density at radius 1 is 1.57 bits per heavy atom. The van der Waals surface area contributed by atoms with Crippen molar-refractivity contribution in [2.45, 2.75) is 31.7 Å². The molecule has 0 radical (unpaired) electrons. The lowest BCUT2D eigenvalue weighted by Crippen LogP contribution is -2.44. The van der Waals surface area contributed by atoms with E-state index in [9.17, 15) is 4.79 Å². The molecule has 1 fully saturated rings. The number of nitrogens with zero attached hydrogens (tertiary/aromatic N) is 3. The zero-order chi connectivity index (χ0) is 15.2. The van der Waals surface area contributed by atoms with Gasteiger partial charge in [-0.25, -0.2) is 0 Å². The Labute approximate surface area is 123 Å². The van der Waals surface area contributed by atoms with Crippen LogP contribution < -0.4 is 10.5 Å². The van der Waals surface area contributed by atoms with Crippen LogP contribution in [0.25, 0.3) is 0 Å². The number of amidine groups is 1. The van der Waals surface area contributed by atoms with Crippen molar-refractivity contribution in [3.63, 3.8) is 0 Å². The van der Waals surface area contributed by atoms with Gasteiger partial charge in [0.15, 0.2) is 5.84 Å². The zero-order valence-electron chi connectivity index (χ0n) is 12.0. The summed E-state index contributed by atoms with van der Waals surface area (Å²) < 4.78 is 5.19. The second kappa shape index (κ2) is 6.92. The summed E-state index contributed by atoms with van der Waals surface area (Å²) >= 11 is 0. The Morgan fingerprint density at radius 2 is 2.29 bits per heavy atom. The first kappa shape index (κ1) is 15.1. The molecule has 1 aliphatic rings. The van der Waals surface area contributed by atoms with E-state index in [2.05, 4.69) is 10.1 Å². The summed E-state index contributed by atoms with van der Waals surface area (Å²) in [6, 6.07) is 1.73. The number of methoxy groups -OCH3 is 1. The number of hydrogen-bond acceptors (Lipinski definition) is 5. The van der Waals surface area contributed by atoms with E-state index in [0.717, 1.165) is 25.7 Å². The molecule has 0 unspecified atom stereocenters. The maximum atomic E-state index is 12.8. The van der Waals surface area contributed by atoms with Gasteiger partial charge < -0.3 is 20.6 Å². The topological polar surface area (TPSA) is 101 Å². The molecule has 2 rings (SSSR count). The number of carbonyl (C=O) groups excluding carboxylic acids is 1. The molecular weight excluding hydrogens is 272 g/mol. The third-order valence-electron chi connectivity index (χ3n) is 3.72. The molecule has 1 aliphatic carbocycles. The first-order valence-corrected chi connectivity index (χ1v) is 6.92. The summed E-state index contributed by atoms with van der Waals surface area (Å²) in [5.74, 6) is 0.251. The smallest absolute Gasteiger partial charge is 0.258 e. The standard InChI is InChI=1S/C14H20N4O3/c1-21-12-8-16-7-6-11(12)14(19)18(9-13(15)17-20)10-4-2-3-5-10/h6-8,10,20H,2-5,9H2,1H3,(H2,15,17). The van der Waals surface area contributed by atoms with Crippen molar-refractivity contribution < 1.29 is 14.7 Å². The SMILES string of the molecule is COc1cnccc1C(=O)N(C/C(N)=N/O)C1CCCC1. The number of hydrogen-bond donors (Lipinski definition) is 2. The molecule has 114 valence electrons. The molecule has 0 aromatic carbocycles. The van der Waals surface area contributed by atoms with E-state index < -0.39 is 0 Å². The second-order valence-electron chi connectivity index (χ2n) is 5.04. The Kier molecular flexibility index (Phi) is 4.97. The van der Waals surface area contributed by atoms with Crippen LogP contribution in [0.4, 0.5) is 0 Å². The Hall–Kier alpha value is -2.31. The molecule has 0 saturated heterocycles. The molecule has 0 spiro atoms. The molecule has 7 nitrogen and oxygen atoms in total. The number of nitrogens with two attached hydrogens (primary N) is 1. The van der Waals surface area contributed by atoms with Gasteiger partial charge in [-0.3, -0.25) is 9.78 Å². The van der Waals surface area contributed by atoms with Crippen LogP contribution in [-0.4, -0.2) is 46.5 Å². The average molecular weight is 292 g/mol. The number of rotatable bonds is 5. The quantitative estimate of drug-likeness (QED) is 0.368. The Morgan fingerprint density at radius 3 is 2.90 bits per heavy atom. The number of amides is 1. The lowest BCUT2D eigenvalue weighted by atomic mass is 10.1. The number of pyridine rings is 1. The molecule has 1 heterocycles. The summed E-state index contributed by atoms with van der Waals surface area (Å²) in [5, 5.41) is 11.7. The fraction of sp³-hybridized carbons (Fsp3) is 0.500. The highest BCUT2D eigenvalue weighted by Gasteiger charge is 2.29. The van der Waals surface area contributed by atoms with Gasteiger partial charge >= 0.3 is 0 Å². The van der Waals surface area contributed by atoms with E-state index in [1.165, 1.54) is 13.3 Å². The molecule has 1 amide bonds. The molecule has 3 N–H and O–H groups in total. The molecule has 21 heavy (non-hydrogen) atoms. The van der Waals surface area contributed by atoms with Crippen molar-refractivity contribution in [1.82, 2.24) is 9.88 Å². The fourth-order valence-electron chi connectivity index (χ4n) is 2.66. The van der Waals surface area contributed by atoms with Gasteiger partial charge in [0.2, 0.25) is 0 Å². The van der Waals surface area contributed by atoms with E-state index in [1.807, 2.05) is 0 Å². The number of carbonyl (C=O) groups is 1. The van der Waals surface area contributed by atoms with E-state index in [0.29, 0.717) is 11.3 Å². The minimum absolute atomic E-state index is 0.0169. The van der Waals surface area contributed by atoms with Gasteiger partial charge in [0.05, 0.1) is 25.4 Å². The highest BCUT2D eigenvalue weighted by Crippen LogP contribution is 2.26. The fourth-order valence-corrected chi connectivity index (χ4v) is 2.66. The third-order valence-corrected chi connectivity index (χ3v) is 3.72. The van der Waals surface area contributed by atoms with Crippen molar-refractivity contribution in [3.05, 3.63) is 24.0 Å². The largest absolute Gasteiger partial charge is 0.494 e. The summed E-state index contributed by atoms with van der Waals surface area (Å²) in [4.78, 5) is 18.4. The molecule has 0 aliphatic heterocycles. The molecule has 1 aromatic rings. The van der Waals surface area contributed by atoms with Crippen molar-refractivity contribution in [1.29, 1.82) is 0 Å². The van der Waals surface area contributed by atoms with E-state index in [4.69, 9.17) is 15.7 Å². The molecular formula is C14H20N4O3. The first-order valence-electron chi connectivity index (χ1n) is 6.92. The van der Waals surface area contributed by atoms with Crippen molar-refractivity contribution >= 4 is 11.7 Å². The van der Waals surface area contributed by atoms with Crippen molar-refractivity contribution in [3.8, 4) is 5.75 Å². The summed E-state index contributed by atoms with van der Waals surface area (Å²) in [7, 11) is 1.50. The average Bonchev–Trinajstić information content (AvgIpc) is 3.05. The minimum atomic E-state index is -0.187. The van der Waals surface area contributed by atoms with Gasteiger partial charge in [0.1, 0.15) is 5.75 Å². The van der Waals surface area contributed by atoms with Crippen molar-refractivity contribution in [2.24, 2.45) is 10.9 Å². The predicted octanol–water partition coefficient (Wildman–Crippen LogP) is 1.22. The first-order chi connectivity index (χ1) is 10.2. The number of aromatic nitrogens is 1. The summed E-state index contributed by atoms with van der Waals surface area (Å²) in [6.45, 7) is 0.103. The van der Waals surface area contributed by atoms with Gasteiger partial charge in [0.25, 0.3) is 5.91 Å². The van der Waals surface area contributed by atoms with Gasteiger partial charge in [0, 0.05) is 12.2 Å².